The van der Waals surface area contributed by atoms with Gasteiger partial charge in [-0.1, -0.05) is 12.1 Å². The molecule has 2 N–H and O–H groups in total. The van der Waals surface area contributed by atoms with Crippen molar-refractivity contribution in [2.24, 2.45) is 0 Å². The Hall–Kier alpha value is -1.59. The fourth-order valence-electron chi connectivity index (χ4n) is 2.28. The normalized spacial score (nSPS) is 15.8. The molecule has 1 aromatic heterocycles. The molecule has 0 saturated carbocycles. The maximum Gasteiger partial charge on any atom is 0.251 e. The van der Waals surface area contributed by atoms with E-state index in [0.717, 1.165) is 12.0 Å². The molecule has 1 atom stereocenters. The summed E-state index contributed by atoms with van der Waals surface area (Å²) in [5.41, 5.74) is 2.99. The van der Waals surface area contributed by atoms with Crippen LogP contribution in [0.3, 0.4) is 0 Å². The number of aliphatic hydroxyl groups is 1. The first-order valence-corrected chi connectivity index (χ1v) is 6.78. The van der Waals surface area contributed by atoms with Gasteiger partial charge in [-0.3, -0.25) is 4.79 Å². The van der Waals surface area contributed by atoms with Crippen molar-refractivity contribution in [1.82, 2.24) is 5.32 Å². The summed E-state index contributed by atoms with van der Waals surface area (Å²) < 4.78 is 5.62. The maximum atomic E-state index is 11.8. The van der Waals surface area contributed by atoms with Crippen molar-refractivity contribution in [3.63, 3.8) is 0 Å². The van der Waals surface area contributed by atoms with Crippen LogP contribution in [0.5, 0.6) is 0 Å². The van der Waals surface area contributed by atoms with Gasteiger partial charge in [-0.25, -0.2) is 0 Å². The summed E-state index contributed by atoms with van der Waals surface area (Å²) >= 11 is 3.24. The molecule has 3 rings (SSSR count). The monoisotopic (exact) mass is 321 g/mol. The number of amides is 1. The van der Waals surface area contributed by atoms with Crippen LogP contribution in [0.4, 0.5) is 0 Å². The van der Waals surface area contributed by atoms with Gasteiger partial charge in [-0.15, -0.1) is 0 Å². The number of rotatable bonds is 2. The van der Waals surface area contributed by atoms with Crippen molar-refractivity contribution in [1.29, 1.82) is 0 Å². The number of halogens is 1. The first kappa shape index (κ1) is 12.4. The third-order valence-corrected chi connectivity index (χ3v) is 3.96. The van der Waals surface area contributed by atoms with E-state index in [-0.39, 0.29) is 5.91 Å². The minimum Gasteiger partial charge on any atom is -0.457 e. The minimum absolute atomic E-state index is 0.0819. The second kappa shape index (κ2) is 4.83. The number of hydrogen-bond donors (Lipinski definition) is 2. The number of nitrogens with one attached hydrogen (secondary N) is 1. The quantitative estimate of drug-likeness (QED) is 0.892. The minimum atomic E-state index is -0.812. The first-order valence-electron chi connectivity index (χ1n) is 5.99. The van der Waals surface area contributed by atoms with Crippen LogP contribution in [0, 0.1) is 0 Å². The number of furan rings is 1. The molecule has 98 valence electrons. The highest BCUT2D eigenvalue weighted by atomic mass is 79.9. The van der Waals surface area contributed by atoms with E-state index < -0.39 is 6.10 Å². The number of aliphatic hydroxyl groups excluding tert-OH is 1. The van der Waals surface area contributed by atoms with Crippen LogP contribution in [0.1, 0.15) is 33.2 Å². The van der Waals surface area contributed by atoms with Gasteiger partial charge in [0.15, 0.2) is 4.67 Å². The van der Waals surface area contributed by atoms with Crippen LogP contribution in [-0.2, 0) is 6.42 Å². The van der Waals surface area contributed by atoms with Gasteiger partial charge in [-0.05, 0) is 45.6 Å². The predicted octanol–water partition coefficient (Wildman–Crippen LogP) is 2.41. The highest BCUT2D eigenvalue weighted by Gasteiger charge is 2.21. The second-order valence-corrected chi connectivity index (χ2v) is 5.19. The van der Waals surface area contributed by atoms with E-state index in [9.17, 15) is 9.90 Å². The average molecular weight is 322 g/mol. The Morgan fingerprint density at radius 3 is 2.95 bits per heavy atom. The third-order valence-electron chi connectivity index (χ3n) is 3.31. The molecule has 2 aromatic rings. The van der Waals surface area contributed by atoms with E-state index in [1.165, 1.54) is 6.26 Å². The van der Waals surface area contributed by atoms with Gasteiger partial charge in [0.25, 0.3) is 5.91 Å². The molecule has 0 bridgehead atoms. The van der Waals surface area contributed by atoms with E-state index in [1.54, 1.807) is 12.1 Å². The topological polar surface area (TPSA) is 62.5 Å². The number of benzene rings is 1. The standard InChI is InChI=1S/C14H12BrNO3/c15-13-10(4-6-19-13)12(17)9-2-1-8-3-5-16-14(18)11(8)7-9/h1-2,4,6-7,12,17H,3,5H2,(H,16,18). The zero-order valence-corrected chi connectivity index (χ0v) is 11.6. The number of fused-ring (bicyclic) bond motifs is 1. The Labute approximate surface area is 118 Å². The molecular weight excluding hydrogens is 310 g/mol. The molecule has 1 aromatic carbocycles. The lowest BCUT2D eigenvalue weighted by atomic mass is 9.94. The van der Waals surface area contributed by atoms with Crippen molar-refractivity contribution in [3.8, 4) is 0 Å². The lowest BCUT2D eigenvalue weighted by Crippen LogP contribution is -2.31. The summed E-state index contributed by atoms with van der Waals surface area (Å²) in [6, 6.07) is 7.20. The SMILES string of the molecule is O=C1NCCc2ccc(C(O)c3ccoc3Br)cc21. The summed E-state index contributed by atoms with van der Waals surface area (Å²) in [6.07, 6.45) is 1.52. The molecule has 0 aliphatic carbocycles. The van der Waals surface area contributed by atoms with Crippen LogP contribution < -0.4 is 5.32 Å². The van der Waals surface area contributed by atoms with Gasteiger partial charge in [0.05, 0.1) is 6.26 Å². The fraction of sp³-hybridized carbons (Fsp3) is 0.214. The molecule has 1 amide bonds. The molecule has 5 heteroatoms. The zero-order chi connectivity index (χ0) is 13.4. The van der Waals surface area contributed by atoms with E-state index in [1.807, 2.05) is 12.1 Å². The molecule has 0 radical (unpaired) electrons. The van der Waals surface area contributed by atoms with E-state index in [4.69, 9.17) is 4.42 Å². The summed E-state index contributed by atoms with van der Waals surface area (Å²) in [5, 5.41) is 13.1. The Kier molecular flexibility index (Phi) is 3.16. The van der Waals surface area contributed by atoms with Crippen LogP contribution in [0.2, 0.25) is 0 Å². The van der Waals surface area contributed by atoms with Crippen LogP contribution in [-0.4, -0.2) is 17.6 Å². The molecule has 2 heterocycles. The van der Waals surface area contributed by atoms with E-state index in [2.05, 4.69) is 21.2 Å². The van der Waals surface area contributed by atoms with Gasteiger partial charge in [-0.2, -0.15) is 0 Å². The lowest BCUT2D eigenvalue weighted by Gasteiger charge is -2.18. The predicted molar refractivity (Wildman–Crippen MR) is 72.9 cm³/mol. The number of hydrogen-bond acceptors (Lipinski definition) is 3. The number of carbonyl (C=O) groups excluding carboxylic acids is 1. The summed E-state index contributed by atoms with van der Waals surface area (Å²) in [4.78, 5) is 11.8. The molecule has 0 saturated heterocycles. The Morgan fingerprint density at radius 2 is 2.21 bits per heavy atom. The van der Waals surface area contributed by atoms with Gasteiger partial charge in [0.2, 0.25) is 0 Å². The second-order valence-electron chi connectivity index (χ2n) is 4.47. The lowest BCUT2D eigenvalue weighted by molar-refractivity contribution is 0.0945. The zero-order valence-electron chi connectivity index (χ0n) is 10.0. The molecule has 19 heavy (non-hydrogen) atoms. The highest BCUT2D eigenvalue weighted by molar-refractivity contribution is 9.10. The van der Waals surface area contributed by atoms with Crippen molar-refractivity contribution >= 4 is 21.8 Å². The smallest absolute Gasteiger partial charge is 0.251 e. The van der Waals surface area contributed by atoms with Gasteiger partial charge >= 0.3 is 0 Å². The van der Waals surface area contributed by atoms with Gasteiger partial charge < -0.3 is 14.8 Å². The molecular formula is C14H12BrNO3. The van der Waals surface area contributed by atoms with E-state index >= 15 is 0 Å². The first-order chi connectivity index (χ1) is 9.16. The van der Waals surface area contributed by atoms with Crippen molar-refractivity contribution in [3.05, 3.63) is 57.5 Å². The Morgan fingerprint density at radius 1 is 1.37 bits per heavy atom. The van der Waals surface area contributed by atoms with Gasteiger partial charge in [0.1, 0.15) is 6.10 Å². The Balaban J connectivity index is 2.00. The average Bonchev–Trinajstić information content (AvgIpc) is 2.84. The van der Waals surface area contributed by atoms with Crippen LogP contribution in [0.15, 0.2) is 39.6 Å². The maximum absolute atomic E-state index is 11.8. The van der Waals surface area contributed by atoms with Crippen molar-refractivity contribution in [2.45, 2.75) is 12.5 Å². The fourth-order valence-corrected chi connectivity index (χ4v) is 2.74. The summed E-state index contributed by atoms with van der Waals surface area (Å²) in [6.45, 7) is 0.668. The van der Waals surface area contributed by atoms with Crippen LogP contribution in [0.25, 0.3) is 0 Å². The van der Waals surface area contributed by atoms with Crippen molar-refractivity contribution in [2.75, 3.05) is 6.54 Å². The molecule has 1 aliphatic rings. The van der Waals surface area contributed by atoms with Gasteiger partial charge in [0, 0.05) is 17.7 Å². The summed E-state index contributed by atoms with van der Waals surface area (Å²) in [7, 11) is 0. The number of carbonyl (C=O) groups is 1. The molecule has 0 spiro atoms. The Bertz CT molecular complexity index is 635. The molecule has 4 nitrogen and oxygen atoms in total. The van der Waals surface area contributed by atoms with Crippen molar-refractivity contribution < 1.29 is 14.3 Å². The summed E-state index contributed by atoms with van der Waals surface area (Å²) in [5.74, 6) is -0.0819. The van der Waals surface area contributed by atoms with Crippen LogP contribution >= 0.6 is 15.9 Å². The van der Waals surface area contributed by atoms with E-state index in [0.29, 0.717) is 27.9 Å². The molecule has 1 aliphatic heterocycles. The molecule has 0 fully saturated rings. The largest absolute Gasteiger partial charge is 0.457 e. The third kappa shape index (κ3) is 2.19. The molecule has 1 unspecified atom stereocenters. The highest BCUT2D eigenvalue weighted by Crippen LogP contribution is 2.30.